The fourth-order valence-corrected chi connectivity index (χ4v) is 7.40. The van der Waals surface area contributed by atoms with Gasteiger partial charge < -0.3 is 20.1 Å². The molecule has 1 unspecified atom stereocenters. The first-order valence-electron chi connectivity index (χ1n) is 12.7. The Hall–Kier alpha value is -3.22. The summed E-state index contributed by atoms with van der Waals surface area (Å²) < 4.78 is 26.8. The maximum atomic E-state index is 12.3. The Morgan fingerprint density at radius 1 is 1.21 bits per heavy atom. The van der Waals surface area contributed by atoms with Crippen LogP contribution in [0.15, 0.2) is 42.9 Å². The summed E-state index contributed by atoms with van der Waals surface area (Å²) in [5, 5.41) is 30.6. The van der Waals surface area contributed by atoms with E-state index >= 15 is 0 Å². The van der Waals surface area contributed by atoms with E-state index in [1.807, 2.05) is 22.9 Å². The lowest BCUT2D eigenvalue weighted by atomic mass is 9.77. The van der Waals surface area contributed by atoms with Gasteiger partial charge in [0.05, 0.1) is 23.6 Å². The maximum Gasteiger partial charge on any atom is 0.422 e. The Balaban J connectivity index is 1.44. The molecule has 0 bridgehead atoms. The van der Waals surface area contributed by atoms with Gasteiger partial charge in [-0.25, -0.2) is 19.9 Å². The predicted octanol–water partition coefficient (Wildman–Crippen LogP) is 3.44. The molecule has 2 aromatic heterocycles. The zero-order valence-corrected chi connectivity index (χ0v) is 22.5. The highest BCUT2D eigenvalue weighted by molar-refractivity contribution is 7.87. The molecule has 0 radical (unpaired) electrons. The molecule has 2 aliphatic rings. The highest BCUT2D eigenvalue weighted by Crippen LogP contribution is 2.45. The molecular weight excluding hydrogens is 508 g/mol. The lowest BCUT2D eigenvalue weighted by Gasteiger charge is -2.41. The molecule has 0 saturated heterocycles. The van der Waals surface area contributed by atoms with Crippen LogP contribution in [0.4, 0.5) is 10.6 Å². The minimum Gasteiger partial charge on any atom is -0.464 e. The smallest absolute Gasteiger partial charge is 0.422 e. The third-order valence-corrected chi connectivity index (χ3v) is 8.84. The Labute approximate surface area is 221 Å². The highest BCUT2D eigenvalue weighted by atomic mass is 32.2. The largest absolute Gasteiger partial charge is 0.464 e. The van der Waals surface area contributed by atoms with Crippen molar-refractivity contribution in [1.29, 1.82) is 0 Å². The van der Waals surface area contributed by atoms with E-state index in [1.54, 1.807) is 20.8 Å². The van der Waals surface area contributed by atoms with Crippen LogP contribution < -0.4 is 10.5 Å². The molecule has 1 aromatic carbocycles. The number of anilines is 1. The number of nitrogens with one attached hydrogen (secondary N) is 1. The SMILES string of the molecule is CC(C)(C)C([C@@H]1C[C@@H](n2ccc3c(N[C@H]4CCc5ccccc54)ncnc32)C[C@@H]1O)N(C(=O)O)S(N)(=O)=O. The molecule has 2 aliphatic carbocycles. The molecule has 3 aromatic rings. The van der Waals surface area contributed by atoms with Crippen molar-refractivity contribution in [2.24, 2.45) is 16.5 Å². The Morgan fingerprint density at radius 2 is 1.95 bits per heavy atom. The van der Waals surface area contributed by atoms with E-state index < -0.39 is 39.8 Å². The van der Waals surface area contributed by atoms with Gasteiger partial charge in [0.2, 0.25) is 0 Å². The number of amides is 1. The van der Waals surface area contributed by atoms with Gasteiger partial charge in [0, 0.05) is 18.2 Å². The molecule has 5 N–H and O–H groups in total. The van der Waals surface area contributed by atoms with E-state index in [4.69, 9.17) is 5.14 Å². The van der Waals surface area contributed by atoms with Crippen molar-refractivity contribution in [1.82, 2.24) is 18.8 Å². The lowest BCUT2D eigenvalue weighted by molar-refractivity contribution is 0.0395. The van der Waals surface area contributed by atoms with Crippen LogP contribution in [0.3, 0.4) is 0 Å². The van der Waals surface area contributed by atoms with Crippen molar-refractivity contribution in [2.75, 3.05) is 5.32 Å². The number of hydrogen-bond donors (Lipinski definition) is 4. The molecule has 2 heterocycles. The van der Waals surface area contributed by atoms with Gasteiger partial charge in [0.1, 0.15) is 17.8 Å². The van der Waals surface area contributed by atoms with Crippen molar-refractivity contribution in [2.45, 2.75) is 70.7 Å². The fraction of sp³-hybridized carbons (Fsp3) is 0.500. The van der Waals surface area contributed by atoms with Gasteiger partial charge in [0.15, 0.2) is 0 Å². The van der Waals surface area contributed by atoms with Gasteiger partial charge >= 0.3 is 16.3 Å². The van der Waals surface area contributed by atoms with Gasteiger partial charge in [-0.3, -0.25) is 0 Å². The number of rotatable bonds is 6. The summed E-state index contributed by atoms with van der Waals surface area (Å²) in [6.07, 6.45) is 3.47. The zero-order chi connectivity index (χ0) is 27.4. The average molecular weight is 543 g/mol. The summed E-state index contributed by atoms with van der Waals surface area (Å²) in [4.78, 5) is 21.0. The molecule has 1 amide bonds. The summed E-state index contributed by atoms with van der Waals surface area (Å²) in [7, 11) is -4.56. The fourth-order valence-electron chi connectivity index (χ4n) is 6.39. The Kier molecular flexibility index (Phi) is 6.60. The van der Waals surface area contributed by atoms with Crippen molar-refractivity contribution in [3.8, 4) is 0 Å². The number of carboxylic acid groups (broad SMARTS) is 1. The average Bonchev–Trinajstić information content (AvgIpc) is 3.53. The van der Waals surface area contributed by atoms with E-state index in [0.717, 1.165) is 24.0 Å². The second-order valence-electron chi connectivity index (χ2n) is 11.4. The Morgan fingerprint density at radius 3 is 2.63 bits per heavy atom. The van der Waals surface area contributed by atoms with Crippen LogP contribution in [0.25, 0.3) is 11.0 Å². The summed E-state index contributed by atoms with van der Waals surface area (Å²) in [5.74, 6) is 0.0747. The first-order chi connectivity index (χ1) is 17.9. The van der Waals surface area contributed by atoms with Gasteiger partial charge in [0.25, 0.3) is 0 Å². The minimum absolute atomic E-state index is 0.151. The molecular formula is C26H34N6O5S. The molecule has 38 heavy (non-hydrogen) atoms. The van der Waals surface area contributed by atoms with E-state index in [1.165, 1.54) is 17.5 Å². The second kappa shape index (κ2) is 9.51. The number of aryl methyl sites for hydroxylation is 1. The maximum absolute atomic E-state index is 12.3. The first-order valence-corrected chi connectivity index (χ1v) is 14.3. The normalized spacial score (nSPS) is 24.3. The van der Waals surface area contributed by atoms with Crippen LogP contribution in [0.5, 0.6) is 0 Å². The summed E-state index contributed by atoms with van der Waals surface area (Å²) >= 11 is 0. The molecule has 0 spiro atoms. The summed E-state index contributed by atoms with van der Waals surface area (Å²) in [6.45, 7) is 5.24. The predicted molar refractivity (Wildman–Crippen MR) is 143 cm³/mol. The number of aliphatic hydroxyl groups is 1. The van der Waals surface area contributed by atoms with E-state index in [0.29, 0.717) is 22.8 Å². The number of aromatic nitrogens is 3. The lowest BCUT2D eigenvalue weighted by Crippen LogP contribution is -2.56. The number of nitrogens with zero attached hydrogens (tertiary/aromatic N) is 4. The number of benzene rings is 1. The quantitative estimate of drug-likeness (QED) is 0.368. The second-order valence-corrected chi connectivity index (χ2v) is 12.8. The van der Waals surface area contributed by atoms with Gasteiger partial charge in [-0.15, -0.1) is 0 Å². The van der Waals surface area contributed by atoms with Gasteiger partial charge in [-0.2, -0.15) is 12.7 Å². The van der Waals surface area contributed by atoms with Crippen LogP contribution in [-0.2, 0) is 16.6 Å². The standard InChI is InChI=1S/C26H34N6O5S/c1-26(2,3)22(32(25(34)35)38(27,36)37)19-12-16(13-21(19)33)31-11-10-18-23(28-14-29-24(18)31)30-20-9-8-15-6-4-5-7-17(15)20/h4-7,10-11,14,16,19-22,33H,8-9,12-13H2,1-3H3,(H,34,35)(H2,27,36,37)(H,28,29,30)/t16-,19-,20+,21+,22?/m1/s1. The molecule has 5 atom stereocenters. The highest BCUT2D eigenvalue weighted by Gasteiger charge is 2.50. The number of fused-ring (bicyclic) bond motifs is 2. The van der Waals surface area contributed by atoms with E-state index in [-0.39, 0.29) is 12.1 Å². The van der Waals surface area contributed by atoms with Crippen molar-refractivity contribution < 1.29 is 23.4 Å². The first kappa shape index (κ1) is 26.4. The topological polar surface area (TPSA) is 164 Å². The molecule has 5 rings (SSSR count). The van der Waals surface area contributed by atoms with Gasteiger partial charge in [-0.1, -0.05) is 45.0 Å². The van der Waals surface area contributed by atoms with Crippen molar-refractivity contribution in [3.05, 3.63) is 54.0 Å². The van der Waals surface area contributed by atoms with Gasteiger partial charge in [-0.05, 0) is 48.3 Å². The van der Waals surface area contributed by atoms with Crippen molar-refractivity contribution >= 4 is 33.2 Å². The molecule has 0 aliphatic heterocycles. The van der Waals surface area contributed by atoms with Crippen LogP contribution in [0.2, 0.25) is 0 Å². The van der Waals surface area contributed by atoms with E-state index in [9.17, 15) is 23.4 Å². The molecule has 204 valence electrons. The molecule has 1 saturated carbocycles. The van der Waals surface area contributed by atoms with E-state index in [2.05, 4.69) is 33.5 Å². The third kappa shape index (κ3) is 4.72. The zero-order valence-electron chi connectivity index (χ0n) is 21.7. The molecule has 12 heteroatoms. The Bertz CT molecular complexity index is 1470. The van der Waals surface area contributed by atoms with Crippen LogP contribution >= 0.6 is 0 Å². The third-order valence-electron chi connectivity index (χ3n) is 7.91. The molecule has 1 fully saturated rings. The number of carbonyl (C=O) groups is 1. The van der Waals surface area contributed by atoms with Crippen LogP contribution in [0, 0.1) is 11.3 Å². The van der Waals surface area contributed by atoms with Crippen LogP contribution in [-0.4, -0.2) is 55.7 Å². The van der Waals surface area contributed by atoms with Crippen LogP contribution in [0.1, 0.15) is 63.2 Å². The molecule has 11 nitrogen and oxygen atoms in total. The minimum atomic E-state index is -4.56. The monoisotopic (exact) mass is 542 g/mol. The van der Waals surface area contributed by atoms with Crippen molar-refractivity contribution in [3.63, 3.8) is 0 Å². The number of nitrogens with two attached hydrogens (primary N) is 1. The summed E-state index contributed by atoms with van der Waals surface area (Å²) in [6, 6.07) is 9.20. The number of hydrogen-bond acceptors (Lipinski definition) is 7. The summed E-state index contributed by atoms with van der Waals surface area (Å²) in [5.41, 5.74) is 2.50. The number of aliphatic hydroxyl groups excluding tert-OH is 1.